The summed E-state index contributed by atoms with van der Waals surface area (Å²) in [4.78, 5) is 7.40. The predicted octanol–water partition coefficient (Wildman–Crippen LogP) is 3.90. The van der Waals surface area contributed by atoms with Gasteiger partial charge in [0.25, 0.3) is 0 Å². The molecule has 1 aromatic rings. The third-order valence-corrected chi connectivity index (χ3v) is 4.15. The van der Waals surface area contributed by atoms with Gasteiger partial charge in [-0.1, -0.05) is 26.8 Å². The van der Waals surface area contributed by atoms with Crippen LogP contribution < -0.4 is 10.2 Å². The molecule has 0 radical (unpaired) electrons. The van der Waals surface area contributed by atoms with Crippen LogP contribution in [0.3, 0.4) is 0 Å². The van der Waals surface area contributed by atoms with Crippen molar-refractivity contribution in [2.24, 2.45) is 5.92 Å². The number of rotatable bonds is 9. The van der Waals surface area contributed by atoms with E-state index >= 15 is 0 Å². The fourth-order valence-electron chi connectivity index (χ4n) is 2.59. The molecule has 0 spiro atoms. The Kier molecular flexibility index (Phi) is 6.04. The summed E-state index contributed by atoms with van der Waals surface area (Å²) in [5, 5.41) is 3.46. The van der Waals surface area contributed by atoms with Crippen molar-refractivity contribution in [1.82, 2.24) is 10.3 Å². The normalized spacial score (nSPS) is 14.7. The van der Waals surface area contributed by atoms with E-state index in [-0.39, 0.29) is 0 Å². The monoisotopic (exact) mass is 289 g/mol. The number of aromatic nitrogens is 1. The van der Waals surface area contributed by atoms with Crippen LogP contribution in [-0.4, -0.2) is 24.1 Å². The quantitative estimate of drug-likeness (QED) is 0.699. The van der Waals surface area contributed by atoms with E-state index < -0.39 is 0 Å². The number of hydrogen-bond acceptors (Lipinski definition) is 3. The lowest BCUT2D eigenvalue weighted by molar-refractivity contribution is 0.568. The lowest BCUT2D eigenvalue weighted by atomic mass is 10.1. The third kappa shape index (κ3) is 4.99. The van der Waals surface area contributed by atoms with Crippen LogP contribution in [0.5, 0.6) is 0 Å². The van der Waals surface area contributed by atoms with Gasteiger partial charge in [-0.15, -0.1) is 0 Å². The maximum atomic E-state index is 4.88. The highest BCUT2D eigenvalue weighted by atomic mass is 15.2. The summed E-state index contributed by atoms with van der Waals surface area (Å²) >= 11 is 0. The van der Waals surface area contributed by atoms with Crippen LogP contribution in [0.4, 0.5) is 5.82 Å². The topological polar surface area (TPSA) is 28.2 Å². The molecular formula is C18H31N3. The third-order valence-electron chi connectivity index (χ3n) is 4.15. The van der Waals surface area contributed by atoms with E-state index in [1.54, 1.807) is 0 Å². The van der Waals surface area contributed by atoms with Gasteiger partial charge < -0.3 is 10.2 Å². The minimum atomic E-state index is 0.736. The van der Waals surface area contributed by atoms with Gasteiger partial charge in [-0.25, -0.2) is 4.98 Å². The van der Waals surface area contributed by atoms with E-state index in [0.717, 1.165) is 31.6 Å². The molecule has 0 bridgehead atoms. The molecule has 0 aliphatic heterocycles. The summed E-state index contributed by atoms with van der Waals surface area (Å²) in [7, 11) is 0. The molecule has 0 saturated heterocycles. The molecule has 1 aliphatic rings. The average Bonchev–Trinajstić information content (AvgIpc) is 3.26. The van der Waals surface area contributed by atoms with Crippen molar-refractivity contribution in [3.05, 3.63) is 23.4 Å². The molecule has 1 N–H and O–H groups in total. The Labute approximate surface area is 130 Å². The zero-order valence-corrected chi connectivity index (χ0v) is 14.2. The summed E-state index contributed by atoms with van der Waals surface area (Å²) in [5.41, 5.74) is 2.50. The Hall–Kier alpha value is -1.09. The lowest BCUT2D eigenvalue weighted by Crippen LogP contribution is -2.29. The number of anilines is 1. The van der Waals surface area contributed by atoms with Gasteiger partial charge in [0.05, 0.1) is 0 Å². The second kappa shape index (κ2) is 7.79. The van der Waals surface area contributed by atoms with Gasteiger partial charge in [0.1, 0.15) is 5.82 Å². The molecule has 3 nitrogen and oxygen atoms in total. The molecular weight excluding hydrogens is 258 g/mol. The van der Waals surface area contributed by atoms with E-state index in [0.29, 0.717) is 0 Å². The first kappa shape index (κ1) is 16.3. The first-order valence-corrected chi connectivity index (χ1v) is 8.55. The minimum absolute atomic E-state index is 0.736. The summed E-state index contributed by atoms with van der Waals surface area (Å²) in [6, 6.07) is 5.21. The van der Waals surface area contributed by atoms with Crippen LogP contribution in [0.15, 0.2) is 12.1 Å². The van der Waals surface area contributed by atoms with Gasteiger partial charge in [0.2, 0.25) is 0 Å². The Morgan fingerprint density at radius 3 is 2.67 bits per heavy atom. The fraction of sp³-hybridized carbons (Fsp3) is 0.722. The fourth-order valence-corrected chi connectivity index (χ4v) is 2.59. The molecule has 0 amide bonds. The second-order valence-corrected chi connectivity index (χ2v) is 6.70. The molecule has 0 aromatic carbocycles. The number of pyridine rings is 1. The molecule has 1 fully saturated rings. The molecule has 1 saturated carbocycles. The van der Waals surface area contributed by atoms with Crippen LogP contribution >= 0.6 is 0 Å². The van der Waals surface area contributed by atoms with E-state index in [1.165, 1.54) is 42.8 Å². The largest absolute Gasteiger partial charge is 0.354 e. The standard InChI is InChI=1S/C18H31N3/c1-5-11-19-13-16-6-9-18(20-15(16)4)21(17-7-8-17)12-10-14(2)3/h6,9,14,17,19H,5,7-8,10-13H2,1-4H3. The number of hydrogen-bond donors (Lipinski definition) is 1. The minimum Gasteiger partial charge on any atom is -0.354 e. The van der Waals surface area contributed by atoms with Crippen molar-refractivity contribution in [1.29, 1.82) is 0 Å². The van der Waals surface area contributed by atoms with Gasteiger partial charge in [-0.05, 0) is 56.7 Å². The molecule has 3 heteroatoms. The predicted molar refractivity (Wildman–Crippen MR) is 90.8 cm³/mol. The van der Waals surface area contributed by atoms with E-state index in [1.807, 2.05) is 0 Å². The van der Waals surface area contributed by atoms with Crippen LogP contribution in [0.1, 0.15) is 57.7 Å². The zero-order valence-electron chi connectivity index (χ0n) is 14.2. The molecule has 0 unspecified atom stereocenters. The summed E-state index contributed by atoms with van der Waals surface area (Å²) in [6.07, 6.45) is 5.09. The highest BCUT2D eigenvalue weighted by Crippen LogP contribution is 2.31. The molecule has 1 aromatic heterocycles. The molecule has 0 atom stereocenters. The van der Waals surface area contributed by atoms with Crippen molar-refractivity contribution >= 4 is 5.82 Å². The van der Waals surface area contributed by atoms with Gasteiger partial charge in [0.15, 0.2) is 0 Å². The van der Waals surface area contributed by atoms with Crippen molar-refractivity contribution in [3.63, 3.8) is 0 Å². The van der Waals surface area contributed by atoms with Crippen LogP contribution in [-0.2, 0) is 6.54 Å². The van der Waals surface area contributed by atoms with Crippen molar-refractivity contribution in [2.75, 3.05) is 18.0 Å². The van der Waals surface area contributed by atoms with Gasteiger partial charge in [-0.2, -0.15) is 0 Å². The van der Waals surface area contributed by atoms with Crippen molar-refractivity contribution in [2.45, 2.75) is 66.0 Å². The second-order valence-electron chi connectivity index (χ2n) is 6.70. The first-order chi connectivity index (χ1) is 10.1. The molecule has 1 aliphatic carbocycles. The number of nitrogens with one attached hydrogen (secondary N) is 1. The van der Waals surface area contributed by atoms with Crippen molar-refractivity contribution in [3.8, 4) is 0 Å². The number of nitrogens with zero attached hydrogens (tertiary/aromatic N) is 2. The Bertz CT molecular complexity index is 438. The van der Waals surface area contributed by atoms with Gasteiger partial charge >= 0.3 is 0 Å². The lowest BCUT2D eigenvalue weighted by Gasteiger charge is -2.25. The van der Waals surface area contributed by atoms with E-state index in [9.17, 15) is 0 Å². The van der Waals surface area contributed by atoms with Crippen LogP contribution in [0.2, 0.25) is 0 Å². The van der Waals surface area contributed by atoms with Gasteiger partial charge in [0, 0.05) is 24.8 Å². The zero-order chi connectivity index (χ0) is 15.2. The molecule has 2 rings (SSSR count). The highest BCUT2D eigenvalue weighted by molar-refractivity contribution is 5.44. The molecule has 118 valence electrons. The van der Waals surface area contributed by atoms with Crippen LogP contribution in [0.25, 0.3) is 0 Å². The molecule has 21 heavy (non-hydrogen) atoms. The maximum Gasteiger partial charge on any atom is 0.129 e. The summed E-state index contributed by atoms with van der Waals surface area (Å²) in [5.74, 6) is 1.93. The first-order valence-electron chi connectivity index (χ1n) is 8.55. The van der Waals surface area contributed by atoms with E-state index in [4.69, 9.17) is 4.98 Å². The van der Waals surface area contributed by atoms with E-state index in [2.05, 4.69) is 50.0 Å². The van der Waals surface area contributed by atoms with Gasteiger partial charge in [-0.3, -0.25) is 0 Å². The van der Waals surface area contributed by atoms with Crippen LogP contribution in [0, 0.1) is 12.8 Å². The number of aryl methyl sites for hydroxylation is 1. The summed E-state index contributed by atoms with van der Waals surface area (Å²) in [6.45, 7) is 12.1. The Morgan fingerprint density at radius 2 is 2.10 bits per heavy atom. The smallest absolute Gasteiger partial charge is 0.129 e. The molecule has 1 heterocycles. The Morgan fingerprint density at radius 1 is 1.33 bits per heavy atom. The highest BCUT2D eigenvalue weighted by Gasteiger charge is 2.29. The SMILES string of the molecule is CCCNCc1ccc(N(CCC(C)C)C2CC2)nc1C. The van der Waals surface area contributed by atoms with Crippen molar-refractivity contribution < 1.29 is 0 Å². The summed E-state index contributed by atoms with van der Waals surface area (Å²) < 4.78 is 0. The average molecular weight is 289 g/mol. The maximum absolute atomic E-state index is 4.88. The Balaban J connectivity index is 2.02.